The molecular weight excluding hydrogens is 196 g/mol. The Kier molecular flexibility index (Phi) is 3.82. The summed E-state index contributed by atoms with van der Waals surface area (Å²) in [5.41, 5.74) is 5.51. The van der Waals surface area contributed by atoms with Gasteiger partial charge in [0.2, 0.25) is 5.91 Å². The highest BCUT2D eigenvalue weighted by molar-refractivity contribution is 6.06. The van der Waals surface area contributed by atoms with Crippen LogP contribution in [0.15, 0.2) is 24.3 Å². The van der Waals surface area contributed by atoms with Gasteiger partial charge in [-0.2, -0.15) is 0 Å². The summed E-state index contributed by atoms with van der Waals surface area (Å²) in [6.07, 6.45) is 0. The Morgan fingerprint density at radius 3 is 2.40 bits per heavy atom. The highest BCUT2D eigenvalue weighted by Crippen LogP contribution is 2.07. The van der Waals surface area contributed by atoms with Gasteiger partial charge in [0, 0.05) is 6.54 Å². The van der Waals surface area contributed by atoms with E-state index in [1.165, 1.54) is 12.1 Å². The second-order valence-electron chi connectivity index (χ2n) is 2.89. The molecule has 15 heavy (non-hydrogen) atoms. The van der Waals surface area contributed by atoms with Crippen LogP contribution in [0.25, 0.3) is 0 Å². The third-order valence-electron chi connectivity index (χ3n) is 1.83. The molecule has 0 saturated carbocycles. The number of amides is 2. The number of carbonyl (C=O) groups excluding carboxylic acids is 2. The molecule has 1 aromatic rings. The molecule has 2 amide bonds. The van der Waals surface area contributed by atoms with Crippen LogP contribution in [0, 0.1) is 0 Å². The molecule has 0 heterocycles. The van der Waals surface area contributed by atoms with Crippen molar-refractivity contribution in [2.75, 3.05) is 13.2 Å². The molecule has 0 fully saturated rings. The van der Waals surface area contributed by atoms with Crippen molar-refractivity contribution in [1.29, 1.82) is 0 Å². The summed E-state index contributed by atoms with van der Waals surface area (Å²) in [6.45, 7) is -0.00356. The number of aliphatic hydroxyl groups is 1. The first-order chi connectivity index (χ1) is 7.16. The number of carbonyl (C=O) groups is 2. The zero-order valence-corrected chi connectivity index (χ0v) is 8.06. The number of rotatable bonds is 4. The van der Waals surface area contributed by atoms with E-state index >= 15 is 0 Å². The summed E-state index contributed by atoms with van der Waals surface area (Å²) < 4.78 is 0. The Hall–Kier alpha value is -1.88. The van der Waals surface area contributed by atoms with Crippen molar-refractivity contribution >= 4 is 11.8 Å². The zero-order valence-electron chi connectivity index (χ0n) is 8.06. The van der Waals surface area contributed by atoms with Crippen molar-refractivity contribution in [3.05, 3.63) is 35.4 Å². The van der Waals surface area contributed by atoms with E-state index in [0.29, 0.717) is 0 Å². The molecule has 80 valence electrons. The largest absolute Gasteiger partial charge is 0.395 e. The molecule has 0 aliphatic carbocycles. The van der Waals surface area contributed by atoms with Gasteiger partial charge < -0.3 is 16.2 Å². The summed E-state index contributed by atoms with van der Waals surface area (Å²) in [7, 11) is 0. The summed E-state index contributed by atoms with van der Waals surface area (Å²) in [5.74, 6) is -1.07. The fraction of sp³-hybridized carbons (Fsp3) is 0.200. The van der Waals surface area contributed by atoms with Gasteiger partial charge in [-0.15, -0.1) is 0 Å². The second-order valence-corrected chi connectivity index (χ2v) is 2.89. The third kappa shape index (κ3) is 2.78. The molecule has 0 saturated heterocycles. The number of benzene rings is 1. The van der Waals surface area contributed by atoms with E-state index in [9.17, 15) is 9.59 Å². The summed E-state index contributed by atoms with van der Waals surface area (Å²) >= 11 is 0. The monoisotopic (exact) mass is 208 g/mol. The zero-order chi connectivity index (χ0) is 11.3. The minimum atomic E-state index is -0.648. The summed E-state index contributed by atoms with van der Waals surface area (Å²) in [4.78, 5) is 22.5. The lowest BCUT2D eigenvalue weighted by Gasteiger charge is -2.06. The van der Waals surface area contributed by atoms with Gasteiger partial charge in [0.25, 0.3) is 5.91 Å². The lowest BCUT2D eigenvalue weighted by molar-refractivity contribution is 0.0929. The van der Waals surface area contributed by atoms with Crippen molar-refractivity contribution in [2.45, 2.75) is 0 Å². The van der Waals surface area contributed by atoms with E-state index in [0.717, 1.165) is 0 Å². The van der Waals surface area contributed by atoms with Crippen molar-refractivity contribution in [3.63, 3.8) is 0 Å². The van der Waals surface area contributed by atoms with Gasteiger partial charge in [-0.3, -0.25) is 9.59 Å². The lowest BCUT2D eigenvalue weighted by atomic mass is 10.1. The van der Waals surface area contributed by atoms with Gasteiger partial charge in [0.05, 0.1) is 17.7 Å². The van der Waals surface area contributed by atoms with E-state index in [-0.39, 0.29) is 24.3 Å². The number of aliphatic hydroxyl groups excluding tert-OH is 1. The maximum atomic E-state index is 11.5. The molecule has 0 aliphatic rings. The molecule has 1 rings (SSSR count). The first-order valence-corrected chi connectivity index (χ1v) is 4.44. The summed E-state index contributed by atoms with van der Waals surface area (Å²) in [5, 5.41) is 11.0. The molecule has 0 spiro atoms. The van der Waals surface area contributed by atoms with Crippen LogP contribution in [0.5, 0.6) is 0 Å². The molecule has 0 aliphatic heterocycles. The topological polar surface area (TPSA) is 92.4 Å². The molecule has 5 nitrogen and oxygen atoms in total. The quantitative estimate of drug-likeness (QED) is 0.623. The Bertz CT molecular complexity index is 377. The van der Waals surface area contributed by atoms with Crippen LogP contribution in [0.2, 0.25) is 0 Å². The molecule has 0 radical (unpaired) electrons. The highest BCUT2D eigenvalue weighted by atomic mass is 16.3. The van der Waals surface area contributed by atoms with E-state index in [1.54, 1.807) is 12.1 Å². The fourth-order valence-corrected chi connectivity index (χ4v) is 1.16. The molecule has 0 atom stereocenters. The predicted octanol–water partition coefficient (Wildman–Crippen LogP) is -0.492. The van der Waals surface area contributed by atoms with Crippen LogP contribution in [-0.4, -0.2) is 30.1 Å². The Morgan fingerprint density at radius 2 is 1.87 bits per heavy atom. The van der Waals surface area contributed by atoms with Gasteiger partial charge in [0.15, 0.2) is 0 Å². The molecule has 5 heteroatoms. The Morgan fingerprint density at radius 1 is 1.27 bits per heavy atom. The Balaban J connectivity index is 2.92. The first kappa shape index (κ1) is 11.2. The number of hydrogen-bond acceptors (Lipinski definition) is 3. The number of primary amides is 1. The van der Waals surface area contributed by atoms with E-state index in [2.05, 4.69) is 5.32 Å². The van der Waals surface area contributed by atoms with E-state index < -0.39 is 11.8 Å². The molecule has 0 aromatic heterocycles. The van der Waals surface area contributed by atoms with Crippen molar-refractivity contribution < 1.29 is 14.7 Å². The fourth-order valence-electron chi connectivity index (χ4n) is 1.16. The smallest absolute Gasteiger partial charge is 0.252 e. The van der Waals surface area contributed by atoms with Gasteiger partial charge in [0.1, 0.15) is 0 Å². The standard InChI is InChI=1S/C10H12N2O3/c11-9(14)7-3-1-2-4-8(7)10(15)12-5-6-13/h1-4,13H,5-6H2,(H2,11,14)(H,12,15). The van der Waals surface area contributed by atoms with Gasteiger partial charge in [-0.05, 0) is 12.1 Å². The van der Waals surface area contributed by atoms with E-state index in [1.807, 2.05) is 0 Å². The number of hydrogen-bond donors (Lipinski definition) is 3. The van der Waals surface area contributed by atoms with Crippen molar-refractivity contribution in [2.24, 2.45) is 5.73 Å². The van der Waals surface area contributed by atoms with Gasteiger partial charge in [-0.1, -0.05) is 12.1 Å². The van der Waals surface area contributed by atoms with E-state index in [4.69, 9.17) is 10.8 Å². The van der Waals surface area contributed by atoms with Crippen LogP contribution in [0.1, 0.15) is 20.7 Å². The molecule has 0 unspecified atom stereocenters. The normalized spacial score (nSPS) is 9.67. The third-order valence-corrected chi connectivity index (χ3v) is 1.83. The highest BCUT2D eigenvalue weighted by Gasteiger charge is 2.13. The molecule has 4 N–H and O–H groups in total. The Labute approximate surface area is 86.9 Å². The first-order valence-electron chi connectivity index (χ1n) is 4.44. The SMILES string of the molecule is NC(=O)c1ccccc1C(=O)NCCO. The van der Waals surface area contributed by atoms with Crippen LogP contribution in [-0.2, 0) is 0 Å². The van der Waals surface area contributed by atoms with Gasteiger partial charge >= 0.3 is 0 Å². The van der Waals surface area contributed by atoms with Crippen molar-refractivity contribution in [3.8, 4) is 0 Å². The summed E-state index contributed by atoms with van der Waals surface area (Å²) in [6, 6.07) is 6.26. The lowest BCUT2D eigenvalue weighted by Crippen LogP contribution is -2.28. The average molecular weight is 208 g/mol. The molecular formula is C10H12N2O3. The van der Waals surface area contributed by atoms with Crippen LogP contribution in [0.3, 0.4) is 0 Å². The average Bonchev–Trinajstić information content (AvgIpc) is 2.25. The number of nitrogens with two attached hydrogens (primary N) is 1. The maximum Gasteiger partial charge on any atom is 0.252 e. The predicted molar refractivity (Wildman–Crippen MR) is 54.4 cm³/mol. The van der Waals surface area contributed by atoms with Crippen molar-refractivity contribution in [1.82, 2.24) is 5.32 Å². The van der Waals surface area contributed by atoms with Crippen LogP contribution < -0.4 is 11.1 Å². The molecule has 0 bridgehead atoms. The molecule has 1 aromatic carbocycles. The van der Waals surface area contributed by atoms with Gasteiger partial charge in [-0.25, -0.2) is 0 Å². The number of nitrogens with one attached hydrogen (secondary N) is 1. The van der Waals surface area contributed by atoms with Crippen LogP contribution in [0.4, 0.5) is 0 Å². The minimum absolute atomic E-state index is 0.145. The maximum absolute atomic E-state index is 11.5. The second kappa shape index (κ2) is 5.11. The minimum Gasteiger partial charge on any atom is -0.395 e. The van der Waals surface area contributed by atoms with Crippen LogP contribution >= 0.6 is 0 Å².